The number of halogens is 1. The summed E-state index contributed by atoms with van der Waals surface area (Å²) in [5, 5.41) is 8.00. The van der Waals surface area contributed by atoms with Gasteiger partial charge in [0, 0.05) is 11.6 Å². The lowest BCUT2D eigenvalue weighted by Gasteiger charge is -2.16. The Hall–Kier alpha value is -2.86. The maximum absolute atomic E-state index is 12.4. The van der Waals surface area contributed by atoms with E-state index in [1.807, 2.05) is 67.6 Å². The number of rotatable bonds is 7. The Morgan fingerprint density at radius 3 is 2.53 bits per heavy atom. The van der Waals surface area contributed by atoms with Gasteiger partial charge >= 0.3 is 0 Å². The Balaban J connectivity index is 1.31. The van der Waals surface area contributed by atoms with E-state index in [0.717, 1.165) is 39.3 Å². The molecule has 0 aromatic heterocycles. The smallest absolute Gasteiger partial charge is 0.258 e. The van der Waals surface area contributed by atoms with E-state index in [-0.39, 0.29) is 30.4 Å². The summed E-state index contributed by atoms with van der Waals surface area (Å²) in [6, 6.07) is 19.2. The lowest BCUT2D eigenvalue weighted by molar-refractivity contribution is -0.123. The first kappa shape index (κ1) is 20.4. The van der Waals surface area contributed by atoms with Crippen molar-refractivity contribution in [3.63, 3.8) is 0 Å². The van der Waals surface area contributed by atoms with Gasteiger partial charge in [0.2, 0.25) is 5.91 Å². The third kappa shape index (κ3) is 4.82. The molecule has 0 aliphatic heterocycles. The lowest BCUT2D eigenvalue weighted by atomic mass is 10.1. The van der Waals surface area contributed by atoms with Crippen molar-refractivity contribution in [1.29, 1.82) is 0 Å². The van der Waals surface area contributed by atoms with Crippen LogP contribution in [0.4, 0.5) is 5.69 Å². The Morgan fingerprint density at radius 2 is 1.80 bits per heavy atom. The van der Waals surface area contributed by atoms with Gasteiger partial charge in [0.05, 0.1) is 10.5 Å². The van der Waals surface area contributed by atoms with Crippen molar-refractivity contribution < 1.29 is 14.3 Å². The normalized spacial score (nSPS) is 14.2. The molecule has 1 unspecified atom stereocenters. The van der Waals surface area contributed by atoms with E-state index in [1.165, 1.54) is 0 Å². The maximum atomic E-state index is 12.4. The molecule has 0 radical (unpaired) electrons. The fourth-order valence-electron chi connectivity index (χ4n) is 3.28. The van der Waals surface area contributed by atoms with Crippen molar-refractivity contribution in [3.8, 4) is 5.75 Å². The molecule has 0 saturated heterocycles. The Bertz CT molecular complexity index is 1080. The number of anilines is 1. The molecule has 6 heteroatoms. The summed E-state index contributed by atoms with van der Waals surface area (Å²) < 4.78 is 6.57. The molecule has 3 aromatic rings. The minimum Gasteiger partial charge on any atom is -0.483 e. The van der Waals surface area contributed by atoms with Gasteiger partial charge in [-0.3, -0.25) is 9.59 Å². The molecule has 1 aliphatic carbocycles. The van der Waals surface area contributed by atoms with Crippen molar-refractivity contribution >= 4 is 44.2 Å². The van der Waals surface area contributed by atoms with E-state index in [1.54, 1.807) is 0 Å². The predicted molar refractivity (Wildman–Crippen MR) is 121 cm³/mol. The average Bonchev–Trinajstić information content (AvgIpc) is 3.59. The molecular formula is C24H23BrN2O3. The molecule has 1 fully saturated rings. The number of carbonyl (C=O) groups excluding carboxylic acids is 2. The highest BCUT2D eigenvalue weighted by atomic mass is 79.9. The summed E-state index contributed by atoms with van der Waals surface area (Å²) in [6.07, 6.45) is 1.95. The van der Waals surface area contributed by atoms with Crippen LogP contribution >= 0.6 is 15.9 Å². The summed E-state index contributed by atoms with van der Waals surface area (Å²) in [4.78, 5) is 24.2. The number of carbonyl (C=O) groups is 2. The predicted octanol–water partition coefficient (Wildman–Crippen LogP) is 5.21. The van der Waals surface area contributed by atoms with Crippen LogP contribution in [0.15, 0.2) is 65.1 Å². The van der Waals surface area contributed by atoms with Gasteiger partial charge in [-0.1, -0.05) is 42.5 Å². The summed E-state index contributed by atoms with van der Waals surface area (Å²) in [7, 11) is 0. The van der Waals surface area contributed by atoms with Crippen LogP contribution in [0.5, 0.6) is 5.75 Å². The Labute approximate surface area is 183 Å². The second-order valence-corrected chi connectivity index (χ2v) is 8.36. The van der Waals surface area contributed by atoms with E-state index >= 15 is 0 Å². The first-order valence-corrected chi connectivity index (χ1v) is 10.8. The van der Waals surface area contributed by atoms with E-state index in [4.69, 9.17) is 4.74 Å². The molecule has 30 heavy (non-hydrogen) atoms. The molecule has 0 spiro atoms. The standard InChI is InChI=1S/C24H23BrN2O3/c1-15(16-8-11-19(12-9-16)27-24(29)18-6-7-18)26-22(28)14-30-21-13-10-17-4-2-3-5-20(17)23(21)25/h2-5,8-13,15,18H,6-7,14H2,1H3,(H,26,28)(H,27,29). The molecule has 0 bridgehead atoms. The maximum Gasteiger partial charge on any atom is 0.258 e. The summed E-state index contributed by atoms with van der Waals surface area (Å²) in [6.45, 7) is 1.85. The van der Waals surface area contributed by atoms with Gasteiger partial charge in [-0.15, -0.1) is 0 Å². The number of fused-ring (bicyclic) bond motifs is 1. The highest BCUT2D eigenvalue weighted by molar-refractivity contribution is 9.10. The molecule has 4 rings (SSSR count). The summed E-state index contributed by atoms with van der Waals surface area (Å²) in [5.41, 5.74) is 1.73. The molecule has 2 N–H and O–H groups in total. The van der Waals surface area contributed by atoms with Crippen molar-refractivity contribution in [2.75, 3.05) is 11.9 Å². The van der Waals surface area contributed by atoms with Crippen molar-refractivity contribution in [1.82, 2.24) is 5.32 Å². The van der Waals surface area contributed by atoms with Gasteiger partial charge in [0.15, 0.2) is 6.61 Å². The third-order valence-electron chi connectivity index (χ3n) is 5.19. The van der Waals surface area contributed by atoms with Gasteiger partial charge in [-0.2, -0.15) is 0 Å². The first-order valence-electron chi connectivity index (χ1n) is 10.0. The SMILES string of the molecule is CC(NC(=O)COc1ccc2ccccc2c1Br)c1ccc(NC(=O)C2CC2)cc1. The van der Waals surface area contributed by atoms with Crippen LogP contribution in [0.1, 0.15) is 31.4 Å². The molecule has 1 atom stereocenters. The highest BCUT2D eigenvalue weighted by Crippen LogP contribution is 2.33. The van der Waals surface area contributed by atoms with E-state index in [2.05, 4.69) is 26.6 Å². The van der Waals surface area contributed by atoms with Gasteiger partial charge in [-0.25, -0.2) is 0 Å². The second kappa shape index (κ2) is 8.88. The van der Waals surface area contributed by atoms with Gasteiger partial charge in [0.25, 0.3) is 5.91 Å². The first-order chi connectivity index (χ1) is 14.5. The monoisotopic (exact) mass is 466 g/mol. The molecule has 0 heterocycles. The van der Waals surface area contributed by atoms with Gasteiger partial charge < -0.3 is 15.4 Å². The zero-order chi connectivity index (χ0) is 21.1. The Morgan fingerprint density at radius 1 is 1.07 bits per heavy atom. The quantitative estimate of drug-likeness (QED) is 0.502. The van der Waals surface area contributed by atoms with Crippen molar-refractivity contribution in [2.24, 2.45) is 5.92 Å². The molecule has 3 aromatic carbocycles. The lowest BCUT2D eigenvalue weighted by Crippen LogP contribution is -2.31. The minimum atomic E-state index is -0.200. The van der Waals surface area contributed by atoms with Gasteiger partial charge in [0.1, 0.15) is 5.75 Å². The number of ether oxygens (including phenoxy) is 1. The van der Waals surface area contributed by atoms with E-state index < -0.39 is 0 Å². The zero-order valence-corrected chi connectivity index (χ0v) is 18.2. The van der Waals surface area contributed by atoms with Crippen LogP contribution in [0.25, 0.3) is 10.8 Å². The molecule has 1 aliphatic rings. The molecule has 5 nitrogen and oxygen atoms in total. The second-order valence-electron chi connectivity index (χ2n) is 7.56. The topological polar surface area (TPSA) is 67.4 Å². The van der Waals surface area contributed by atoms with Crippen LogP contribution in [0.2, 0.25) is 0 Å². The molecule has 2 amide bonds. The highest BCUT2D eigenvalue weighted by Gasteiger charge is 2.29. The fourth-order valence-corrected chi connectivity index (χ4v) is 3.89. The van der Waals surface area contributed by atoms with Crippen LogP contribution in [-0.2, 0) is 9.59 Å². The third-order valence-corrected chi connectivity index (χ3v) is 6.01. The van der Waals surface area contributed by atoms with E-state index in [0.29, 0.717) is 5.75 Å². The molecular weight excluding hydrogens is 444 g/mol. The Kier molecular flexibility index (Phi) is 6.04. The van der Waals surface area contributed by atoms with Crippen LogP contribution < -0.4 is 15.4 Å². The largest absolute Gasteiger partial charge is 0.483 e. The summed E-state index contributed by atoms with van der Waals surface area (Å²) in [5.74, 6) is 0.688. The average molecular weight is 467 g/mol. The number of amides is 2. The fraction of sp³-hybridized carbons (Fsp3) is 0.250. The number of hydrogen-bond donors (Lipinski definition) is 2. The van der Waals surface area contributed by atoms with Crippen LogP contribution in [-0.4, -0.2) is 18.4 Å². The number of hydrogen-bond acceptors (Lipinski definition) is 3. The minimum absolute atomic E-state index is 0.0726. The van der Waals surface area contributed by atoms with Crippen molar-refractivity contribution in [2.45, 2.75) is 25.8 Å². The van der Waals surface area contributed by atoms with E-state index in [9.17, 15) is 9.59 Å². The number of nitrogens with one attached hydrogen (secondary N) is 2. The van der Waals surface area contributed by atoms with Crippen LogP contribution in [0, 0.1) is 5.92 Å². The summed E-state index contributed by atoms with van der Waals surface area (Å²) >= 11 is 3.57. The molecule has 154 valence electrons. The van der Waals surface area contributed by atoms with Gasteiger partial charge in [-0.05, 0) is 70.2 Å². The van der Waals surface area contributed by atoms with Crippen LogP contribution in [0.3, 0.4) is 0 Å². The van der Waals surface area contributed by atoms with Crippen molar-refractivity contribution in [3.05, 3.63) is 70.7 Å². The molecule has 1 saturated carbocycles. The zero-order valence-electron chi connectivity index (χ0n) is 16.7. The number of benzene rings is 3.